The molecule has 0 aliphatic heterocycles. The molecular formula is C30H37N3O3. The van der Waals surface area contributed by atoms with Crippen molar-refractivity contribution >= 4 is 17.3 Å². The van der Waals surface area contributed by atoms with Crippen molar-refractivity contribution in [2.75, 3.05) is 45.0 Å². The monoisotopic (exact) mass is 487 g/mol. The molecule has 36 heavy (non-hydrogen) atoms. The molecular weight excluding hydrogens is 450 g/mol. The van der Waals surface area contributed by atoms with Gasteiger partial charge in [-0.3, -0.25) is 4.79 Å². The molecule has 1 aliphatic rings. The molecule has 4 rings (SSSR count). The fourth-order valence-corrected chi connectivity index (χ4v) is 4.83. The van der Waals surface area contributed by atoms with E-state index in [1.807, 2.05) is 55.6 Å². The number of carbonyl (C=O) groups is 1. The van der Waals surface area contributed by atoms with Crippen molar-refractivity contribution in [3.05, 3.63) is 72.3 Å². The lowest BCUT2D eigenvalue weighted by atomic mass is 9.94. The van der Waals surface area contributed by atoms with Crippen LogP contribution >= 0.6 is 0 Å². The van der Waals surface area contributed by atoms with Crippen LogP contribution < -0.4 is 20.1 Å². The number of hydrogen-bond acceptors (Lipinski definition) is 5. The normalized spacial score (nSPS) is 13.9. The Morgan fingerprint density at radius 1 is 0.944 bits per heavy atom. The van der Waals surface area contributed by atoms with Gasteiger partial charge in [0.15, 0.2) is 11.5 Å². The molecule has 1 fully saturated rings. The van der Waals surface area contributed by atoms with Crippen molar-refractivity contribution in [2.24, 2.45) is 0 Å². The van der Waals surface area contributed by atoms with Crippen LogP contribution in [0.3, 0.4) is 0 Å². The zero-order valence-electron chi connectivity index (χ0n) is 21.5. The number of amides is 1. The molecule has 0 bridgehead atoms. The fraction of sp³-hybridized carbons (Fsp3) is 0.367. The van der Waals surface area contributed by atoms with Crippen LogP contribution in [0, 0.1) is 0 Å². The summed E-state index contributed by atoms with van der Waals surface area (Å²) in [6, 6.07) is 22.1. The second kappa shape index (κ2) is 12.5. The number of carbonyl (C=O) groups excluding carboxylic acids is 1. The quantitative estimate of drug-likeness (QED) is 0.351. The van der Waals surface area contributed by atoms with Crippen LogP contribution in [0.1, 0.15) is 42.5 Å². The van der Waals surface area contributed by atoms with E-state index in [2.05, 4.69) is 34.7 Å². The second-order valence-corrected chi connectivity index (χ2v) is 9.32. The first-order valence-corrected chi connectivity index (χ1v) is 12.8. The summed E-state index contributed by atoms with van der Waals surface area (Å²) in [6.45, 7) is 1.46. The summed E-state index contributed by atoms with van der Waals surface area (Å²) < 4.78 is 11.6. The van der Waals surface area contributed by atoms with Crippen LogP contribution in [0.25, 0.3) is 11.1 Å². The van der Waals surface area contributed by atoms with Gasteiger partial charge in [0.1, 0.15) is 6.61 Å². The Bertz CT molecular complexity index is 1140. The van der Waals surface area contributed by atoms with E-state index in [0.29, 0.717) is 35.4 Å². The van der Waals surface area contributed by atoms with Crippen molar-refractivity contribution in [3.8, 4) is 22.6 Å². The molecule has 3 aromatic carbocycles. The van der Waals surface area contributed by atoms with Crippen LogP contribution in [-0.4, -0.2) is 51.2 Å². The predicted octanol–water partition coefficient (Wildman–Crippen LogP) is 6.30. The number of methoxy groups -OCH3 is 1. The molecule has 0 heterocycles. The summed E-state index contributed by atoms with van der Waals surface area (Å²) in [5.74, 6) is 1.08. The van der Waals surface area contributed by atoms with Crippen molar-refractivity contribution in [2.45, 2.75) is 38.1 Å². The summed E-state index contributed by atoms with van der Waals surface area (Å²) in [7, 11) is 5.62. The van der Waals surface area contributed by atoms with Crippen LogP contribution in [0.4, 0.5) is 11.4 Å². The first kappa shape index (κ1) is 25.6. The van der Waals surface area contributed by atoms with E-state index in [4.69, 9.17) is 9.47 Å². The topological polar surface area (TPSA) is 62.8 Å². The summed E-state index contributed by atoms with van der Waals surface area (Å²) in [4.78, 5) is 15.5. The minimum Gasteiger partial charge on any atom is -0.493 e. The number of hydrogen-bond donors (Lipinski definition) is 2. The first-order valence-electron chi connectivity index (χ1n) is 12.8. The van der Waals surface area contributed by atoms with E-state index in [0.717, 1.165) is 23.4 Å². The zero-order valence-corrected chi connectivity index (χ0v) is 21.5. The third kappa shape index (κ3) is 6.38. The average molecular weight is 488 g/mol. The number of benzene rings is 3. The highest BCUT2D eigenvalue weighted by Crippen LogP contribution is 2.31. The van der Waals surface area contributed by atoms with Gasteiger partial charge in [-0.2, -0.15) is 0 Å². The summed E-state index contributed by atoms with van der Waals surface area (Å²) in [5, 5.41) is 6.14. The number of rotatable bonds is 10. The number of ether oxygens (including phenoxy) is 2. The Labute approximate surface area is 214 Å². The van der Waals surface area contributed by atoms with Crippen LogP contribution in [0.5, 0.6) is 11.5 Å². The SMILES string of the molecule is CNc1cc(-c2ccccc2)ccc1C(=O)Nc1ccc(OCCN(C)C2CCCCC2)c(OC)c1. The zero-order chi connectivity index (χ0) is 25.3. The van der Waals surface area contributed by atoms with Crippen LogP contribution in [-0.2, 0) is 0 Å². The lowest BCUT2D eigenvalue weighted by molar-refractivity contribution is 0.102. The van der Waals surface area contributed by atoms with Crippen molar-refractivity contribution in [1.29, 1.82) is 0 Å². The van der Waals surface area contributed by atoms with Crippen LogP contribution in [0.15, 0.2) is 66.7 Å². The van der Waals surface area contributed by atoms with Gasteiger partial charge in [0, 0.05) is 37.1 Å². The summed E-state index contributed by atoms with van der Waals surface area (Å²) >= 11 is 0. The standard InChI is InChI=1S/C30H37N3O3/c1-31-27-20-23(22-10-6-4-7-11-22)14-16-26(27)30(34)32-24-15-17-28(29(21-24)35-3)36-19-18-33(2)25-12-8-5-9-13-25/h4,6-7,10-11,14-17,20-21,25,31H,5,8-9,12-13,18-19H2,1-3H3,(H,32,34). The molecule has 1 amide bonds. The van der Waals surface area contributed by atoms with Gasteiger partial charge in [-0.25, -0.2) is 0 Å². The van der Waals surface area contributed by atoms with Crippen LogP contribution in [0.2, 0.25) is 0 Å². The highest BCUT2D eigenvalue weighted by atomic mass is 16.5. The molecule has 0 radical (unpaired) electrons. The molecule has 2 N–H and O–H groups in total. The minimum atomic E-state index is -0.191. The molecule has 0 atom stereocenters. The molecule has 190 valence electrons. The van der Waals surface area contributed by atoms with E-state index >= 15 is 0 Å². The largest absolute Gasteiger partial charge is 0.493 e. The number of likely N-dealkylation sites (N-methyl/N-ethyl adjacent to an activating group) is 1. The van der Waals surface area contributed by atoms with Gasteiger partial charge < -0.3 is 25.0 Å². The van der Waals surface area contributed by atoms with Gasteiger partial charge in [-0.15, -0.1) is 0 Å². The number of nitrogens with zero attached hydrogens (tertiary/aromatic N) is 1. The smallest absolute Gasteiger partial charge is 0.257 e. The van der Waals surface area contributed by atoms with E-state index in [-0.39, 0.29) is 5.91 Å². The molecule has 1 saturated carbocycles. The van der Waals surface area contributed by atoms with Gasteiger partial charge in [-0.05, 0) is 55.3 Å². The Morgan fingerprint density at radius 2 is 1.72 bits per heavy atom. The van der Waals surface area contributed by atoms with Gasteiger partial charge >= 0.3 is 0 Å². The average Bonchev–Trinajstić information content (AvgIpc) is 2.94. The summed E-state index contributed by atoms with van der Waals surface area (Å²) in [5.41, 5.74) is 4.14. The first-order chi connectivity index (χ1) is 17.6. The maximum atomic E-state index is 13.1. The number of anilines is 2. The molecule has 0 spiro atoms. The Kier molecular flexibility index (Phi) is 8.85. The second-order valence-electron chi connectivity index (χ2n) is 9.32. The maximum Gasteiger partial charge on any atom is 0.257 e. The molecule has 0 aromatic heterocycles. The molecule has 3 aromatic rings. The molecule has 6 heteroatoms. The van der Waals surface area contributed by atoms with Gasteiger partial charge in [-0.1, -0.05) is 55.7 Å². The Balaban J connectivity index is 1.39. The minimum absolute atomic E-state index is 0.191. The highest BCUT2D eigenvalue weighted by Gasteiger charge is 2.18. The van der Waals surface area contributed by atoms with E-state index in [1.165, 1.54) is 32.1 Å². The van der Waals surface area contributed by atoms with Crippen molar-refractivity contribution in [1.82, 2.24) is 4.90 Å². The maximum absolute atomic E-state index is 13.1. The molecule has 6 nitrogen and oxygen atoms in total. The van der Waals surface area contributed by atoms with Crippen molar-refractivity contribution < 1.29 is 14.3 Å². The third-order valence-corrected chi connectivity index (χ3v) is 6.96. The van der Waals surface area contributed by atoms with Crippen molar-refractivity contribution in [3.63, 3.8) is 0 Å². The number of nitrogens with one attached hydrogen (secondary N) is 2. The van der Waals surface area contributed by atoms with E-state index in [1.54, 1.807) is 13.2 Å². The molecule has 1 aliphatic carbocycles. The third-order valence-electron chi connectivity index (χ3n) is 6.96. The Morgan fingerprint density at radius 3 is 2.44 bits per heavy atom. The Hall–Kier alpha value is -3.51. The van der Waals surface area contributed by atoms with Gasteiger partial charge in [0.25, 0.3) is 5.91 Å². The molecule has 0 saturated heterocycles. The lowest BCUT2D eigenvalue weighted by Gasteiger charge is -2.31. The lowest BCUT2D eigenvalue weighted by Crippen LogP contribution is -2.36. The van der Waals surface area contributed by atoms with E-state index < -0.39 is 0 Å². The predicted molar refractivity (Wildman–Crippen MR) is 147 cm³/mol. The fourth-order valence-electron chi connectivity index (χ4n) is 4.83. The van der Waals surface area contributed by atoms with Gasteiger partial charge in [0.2, 0.25) is 0 Å². The molecule has 0 unspecified atom stereocenters. The van der Waals surface area contributed by atoms with E-state index in [9.17, 15) is 4.79 Å². The summed E-state index contributed by atoms with van der Waals surface area (Å²) in [6.07, 6.45) is 6.56. The highest BCUT2D eigenvalue weighted by molar-refractivity contribution is 6.08. The van der Waals surface area contributed by atoms with Gasteiger partial charge in [0.05, 0.1) is 12.7 Å².